The van der Waals surface area contributed by atoms with Crippen molar-refractivity contribution in [2.75, 3.05) is 26.3 Å². The molecular formula is C9H15NO2. The van der Waals surface area contributed by atoms with Gasteiger partial charge in [0.2, 0.25) is 0 Å². The molecule has 3 rings (SSSR count). The minimum absolute atomic E-state index is 0.231. The third-order valence-electron chi connectivity index (χ3n) is 3.44. The number of hydrogen-bond acceptors (Lipinski definition) is 3. The number of rotatable bonds is 0. The Morgan fingerprint density at radius 1 is 1.00 bits per heavy atom. The van der Waals surface area contributed by atoms with Crippen molar-refractivity contribution < 1.29 is 9.47 Å². The molecule has 1 saturated carbocycles. The van der Waals surface area contributed by atoms with Crippen LogP contribution in [0.15, 0.2) is 0 Å². The fraction of sp³-hybridized carbons (Fsp3) is 1.00. The SMILES string of the molecule is C1COC2(CNCC23CC3)OC1. The maximum absolute atomic E-state index is 5.82. The van der Waals surface area contributed by atoms with Gasteiger partial charge in [0, 0.05) is 12.0 Å². The average molecular weight is 169 g/mol. The molecule has 0 unspecified atom stereocenters. The van der Waals surface area contributed by atoms with E-state index in [0.29, 0.717) is 5.41 Å². The highest BCUT2D eigenvalue weighted by atomic mass is 16.7. The third-order valence-corrected chi connectivity index (χ3v) is 3.44. The van der Waals surface area contributed by atoms with Crippen molar-refractivity contribution in [2.45, 2.75) is 25.0 Å². The molecule has 0 amide bonds. The summed E-state index contributed by atoms with van der Waals surface area (Å²) in [4.78, 5) is 0. The van der Waals surface area contributed by atoms with E-state index in [9.17, 15) is 0 Å². The smallest absolute Gasteiger partial charge is 0.187 e. The van der Waals surface area contributed by atoms with Gasteiger partial charge in [-0.3, -0.25) is 0 Å². The molecule has 0 aromatic carbocycles. The van der Waals surface area contributed by atoms with Crippen LogP contribution in [0.1, 0.15) is 19.3 Å². The van der Waals surface area contributed by atoms with Crippen LogP contribution in [-0.2, 0) is 9.47 Å². The van der Waals surface area contributed by atoms with Gasteiger partial charge < -0.3 is 14.8 Å². The van der Waals surface area contributed by atoms with Crippen molar-refractivity contribution in [1.29, 1.82) is 0 Å². The Hall–Kier alpha value is -0.120. The molecule has 2 spiro atoms. The van der Waals surface area contributed by atoms with Crippen LogP contribution in [0.25, 0.3) is 0 Å². The number of ether oxygens (including phenoxy) is 2. The Bertz CT molecular complexity index is 195. The van der Waals surface area contributed by atoms with Gasteiger partial charge in [0.15, 0.2) is 5.79 Å². The molecule has 2 saturated heterocycles. The van der Waals surface area contributed by atoms with Gasteiger partial charge in [0.05, 0.1) is 19.8 Å². The lowest BCUT2D eigenvalue weighted by Gasteiger charge is -2.38. The minimum Gasteiger partial charge on any atom is -0.348 e. The summed E-state index contributed by atoms with van der Waals surface area (Å²) >= 11 is 0. The number of nitrogens with one attached hydrogen (secondary N) is 1. The van der Waals surface area contributed by atoms with Crippen LogP contribution in [-0.4, -0.2) is 32.1 Å². The van der Waals surface area contributed by atoms with E-state index in [0.717, 1.165) is 32.7 Å². The van der Waals surface area contributed by atoms with E-state index < -0.39 is 0 Å². The molecule has 12 heavy (non-hydrogen) atoms. The van der Waals surface area contributed by atoms with Crippen LogP contribution < -0.4 is 5.32 Å². The normalized spacial score (nSPS) is 36.0. The van der Waals surface area contributed by atoms with Crippen LogP contribution in [0.4, 0.5) is 0 Å². The van der Waals surface area contributed by atoms with E-state index in [-0.39, 0.29) is 5.79 Å². The van der Waals surface area contributed by atoms with E-state index in [4.69, 9.17) is 9.47 Å². The second-order valence-corrected chi connectivity index (χ2v) is 4.19. The Kier molecular flexibility index (Phi) is 1.35. The molecule has 3 fully saturated rings. The molecule has 2 aliphatic heterocycles. The largest absolute Gasteiger partial charge is 0.348 e. The average Bonchev–Trinajstić information content (AvgIpc) is 2.80. The minimum atomic E-state index is -0.231. The standard InChI is InChI=1S/C9H15NO2/c1-4-11-9(12-5-1)7-10-6-8(9)2-3-8/h10H,1-7H2. The van der Waals surface area contributed by atoms with Crippen LogP contribution in [0.2, 0.25) is 0 Å². The lowest BCUT2D eigenvalue weighted by molar-refractivity contribution is -0.282. The van der Waals surface area contributed by atoms with Gasteiger partial charge in [-0.15, -0.1) is 0 Å². The lowest BCUT2D eigenvalue weighted by atomic mass is 9.98. The van der Waals surface area contributed by atoms with E-state index in [1.807, 2.05) is 0 Å². The molecule has 0 radical (unpaired) electrons. The van der Waals surface area contributed by atoms with Gasteiger partial charge in [-0.25, -0.2) is 0 Å². The monoisotopic (exact) mass is 169 g/mol. The van der Waals surface area contributed by atoms with E-state index in [2.05, 4.69) is 5.32 Å². The molecule has 1 N–H and O–H groups in total. The predicted molar refractivity (Wildman–Crippen MR) is 43.8 cm³/mol. The van der Waals surface area contributed by atoms with Crippen molar-refractivity contribution in [2.24, 2.45) is 5.41 Å². The van der Waals surface area contributed by atoms with Crippen molar-refractivity contribution in [3.05, 3.63) is 0 Å². The number of hydrogen-bond donors (Lipinski definition) is 1. The Morgan fingerprint density at radius 3 is 2.42 bits per heavy atom. The van der Waals surface area contributed by atoms with Gasteiger partial charge in [-0.2, -0.15) is 0 Å². The van der Waals surface area contributed by atoms with Crippen LogP contribution in [0.5, 0.6) is 0 Å². The molecule has 3 heteroatoms. The first-order valence-electron chi connectivity index (χ1n) is 4.86. The molecule has 0 aromatic rings. The second kappa shape index (κ2) is 2.22. The summed E-state index contributed by atoms with van der Waals surface area (Å²) in [5, 5.41) is 3.39. The van der Waals surface area contributed by atoms with Crippen molar-refractivity contribution in [3.8, 4) is 0 Å². The summed E-state index contributed by atoms with van der Waals surface area (Å²) in [6.45, 7) is 3.74. The zero-order valence-corrected chi connectivity index (χ0v) is 7.27. The molecule has 3 aliphatic rings. The summed E-state index contributed by atoms with van der Waals surface area (Å²) in [5.74, 6) is -0.231. The topological polar surface area (TPSA) is 30.5 Å². The molecular weight excluding hydrogens is 154 g/mol. The maximum atomic E-state index is 5.82. The highest BCUT2D eigenvalue weighted by Crippen LogP contribution is 2.58. The van der Waals surface area contributed by atoms with E-state index in [1.54, 1.807) is 0 Å². The first-order valence-corrected chi connectivity index (χ1v) is 4.86. The van der Waals surface area contributed by atoms with Crippen LogP contribution in [0.3, 0.4) is 0 Å². The number of fused-ring (bicyclic) bond motifs is 1. The molecule has 3 nitrogen and oxygen atoms in total. The highest BCUT2D eigenvalue weighted by molar-refractivity contribution is 5.12. The van der Waals surface area contributed by atoms with Gasteiger partial charge >= 0.3 is 0 Å². The molecule has 1 aliphatic carbocycles. The summed E-state index contributed by atoms with van der Waals surface area (Å²) in [7, 11) is 0. The van der Waals surface area contributed by atoms with Crippen molar-refractivity contribution in [1.82, 2.24) is 5.32 Å². The molecule has 2 heterocycles. The maximum Gasteiger partial charge on any atom is 0.187 e. The predicted octanol–water partition coefficient (Wildman–Crippen LogP) is 0.503. The Balaban J connectivity index is 1.87. The van der Waals surface area contributed by atoms with Gasteiger partial charge in [0.1, 0.15) is 0 Å². The lowest BCUT2D eigenvalue weighted by Crippen LogP contribution is -2.48. The summed E-state index contributed by atoms with van der Waals surface area (Å²) in [6.07, 6.45) is 3.61. The van der Waals surface area contributed by atoms with Crippen molar-refractivity contribution in [3.63, 3.8) is 0 Å². The first kappa shape index (κ1) is 7.30. The fourth-order valence-corrected chi connectivity index (χ4v) is 2.48. The van der Waals surface area contributed by atoms with Gasteiger partial charge in [-0.05, 0) is 19.3 Å². The highest BCUT2D eigenvalue weighted by Gasteiger charge is 2.65. The summed E-state index contributed by atoms with van der Waals surface area (Å²) in [6, 6.07) is 0. The fourth-order valence-electron chi connectivity index (χ4n) is 2.48. The van der Waals surface area contributed by atoms with Crippen molar-refractivity contribution >= 4 is 0 Å². The molecule has 0 bridgehead atoms. The van der Waals surface area contributed by atoms with E-state index in [1.165, 1.54) is 12.8 Å². The zero-order valence-electron chi connectivity index (χ0n) is 7.27. The molecule has 0 atom stereocenters. The first-order chi connectivity index (χ1) is 5.87. The second-order valence-electron chi connectivity index (χ2n) is 4.19. The van der Waals surface area contributed by atoms with Gasteiger partial charge in [0.25, 0.3) is 0 Å². The summed E-state index contributed by atoms with van der Waals surface area (Å²) in [5.41, 5.74) is 0.355. The Labute approximate surface area is 72.4 Å². The Morgan fingerprint density at radius 2 is 1.75 bits per heavy atom. The quantitative estimate of drug-likeness (QED) is 0.573. The van der Waals surface area contributed by atoms with Crippen LogP contribution >= 0.6 is 0 Å². The van der Waals surface area contributed by atoms with Gasteiger partial charge in [-0.1, -0.05) is 0 Å². The van der Waals surface area contributed by atoms with Crippen LogP contribution in [0, 0.1) is 5.41 Å². The molecule has 0 aromatic heterocycles. The van der Waals surface area contributed by atoms with E-state index >= 15 is 0 Å². The molecule has 68 valence electrons. The third kappa shape index (κ3) is 0.767. The zero-order chi connectivity index (χ0) is 8.07. The summed E-state index contributed by atoms with van der Waals surface area (Å²) < 4.78 is 11.6.